The molecule has 0 saturated carbocycles. The summed E-state index contributed by atoms with van der Waals surface area (Å²) in [5.41, 5.74) is 1.13. The van der Waals surface area contributed by atoms with Gasteiger partial charge < -0.3 is 25.5 Å². The van der Waals surface area contributed by atoms with Crippen LogP contribution in [0.25, 0.3) is 10.9 Å². The highest BCUT2D eigenvalue weighted by molar-refractivity contribution is 7.89. The zero-order valence-electron chi connectivity index (χ0n) is 20.4. The van der Waals surface area contributed by atoms with E-state index in [1.807, 2.05) is 4.68 Å². The van der Waals surface area contributed by atoms with E-state index in [9.17, 15) is 23.1 Å². The molecule has 0 unspecified atom stereocenters. The molecule has 0 fully saturated rings. The second kappa shape index (κ2) is 11.7. The number of aromatic nitrogens is 4. The summed E-state index contributed by atoms with van der Waals surface area (Å²) in [7, 11) is -2.71. The van der Waals surface area contributed by atoms with Crippen LogP contribution >= 0.6 is 0 Å². The van der Waals surface area contributed by atoms with Gasteiger partial charge in [0.2, 0.25) is 10.0 Å². The number of methoxy groups -OCH3 is 1. The number of imidazole rings is 1. The van der Waals surface area contributed by atoms with Crippen molar-refractivity contribution in [1.82, 2.24) is 29.8 Å². The molecule has 2 aromatic carbocycles. The van der Waals surface area contributed by atoms with Crippen molar-refractivity contribution in [2.24, 2.45) is 0 Å². The average Bonchev–Trinajstić information content (AvgIpc) is 3.58. The number of anilines is 1. The average molecular weight is 542 g/mol. The van der Waals surface area contributed by atoms with Crippen LogP contribution in [0.2, 0.25) is 0 Å². The van der Waals surface area contributed by atoms with Gasteiger partial charge in [-0.25, -0.2) is 13.4 Å². The topological polar surface area (TPSA) is 180 Å². The lowest BCUT2D eigenvalue weighted by molar-refractivity contribution is -0.138. The Morgan fingerprint density at radius 2 is 1.97 bits per heavy atom. The molecule has 0 bridgehead atoms. The Balaban J connectivity index is 1.34. The van der Waals surface area contributed by atoms with E-state index in [0.29, 0.717) is 30.4 Å². The number of fused-ring (bicyclic) bond motifs is 1. The molecule has 0 radical (unpaired) electrons. The first kappa shape index (κ1) is 26.6. The summed E-state index contributed by atoms with van der Waals surface area (Å²) in [5, 5.41) is 20.3. The first-order valence-electron chi connectivity index (χ1n) is 11.6. The molecule has 14 heteroatoms. The minimum Gasteiger partial charge on any atom is -0.497 e. The molecule has 0 aliphatic carbocycles. The largest absolute Gasteiger partial charge is 0.497 e. The number of aliphatic carboxylic acids is 1. The van der Waals surface area contributed by atoms with Gasteiger partial charge in [0.1, 0.15) is 11.8 Å². The Bertz CT molecular complexity index is 1500. The Labute approximate surface area is 218 Å². The van der Waals surface area contributed by atoms with Crippen LogP contribution in [0.5, 0.6) is 5.75 Å². The highest BCUT2D eigenvalue weighted by Crippen LogP contribution is 2.17. The predicted octanol–water partition coefficient (Wildman–Crippen LogP) is 1.43. The number of nitrogens with zero attached hydrogens (tertiary/aromatic N) is 3. The molecule has 4 aromatic rings. The van der Waals surface area contributed by atoms with Crippen molar-refractivity contribution in [3.63, 3.8) is 0 Å². The van der Waals surface area contributed by atoms with Crippen molar-refractivity contribution in [2.45, 2.75) is 23.9 Å². The minimum absolute atomic E-state index is 0.130. The zero-order valence-corrected chi connectivity index (χ0v) is 21.2. The van der Waals surface area contributed by atoms with Crippen LogP contribution in [0.15, 0.2) is 66.0 Å². The smallest absolute Gasteiger partial charge is 0.323 e. The van der Waals surface area contributed by atoms with Gasteiger partial charge in [-0.1, -0.05) is 0 Å². The van der Waals surface area contributed by atoms with Crippen molar-refractivity contribution < 1.29 is 27.9 Å². The van der Waals surface area contributed by atoms with Gasteiger partial charge in [-0.3, -0.25) is 14.3 Å². The maximum Gasteiger partial charge on any atom is 0.323 e. The van der Waals surface area contributed by atoms with E-state index in [4.69, 9.17) is 4.74 Å². The molecule has 4 rings (SSSR count). The van der Waals surface area contributed by atoms with Gasteiger partial charge in [0.05, 0.1) is 23.7 Å². The lowest BCUT2D eigenvalue weighted by Gasteiger charge is -2.16. The van der Waals surface area contributed by atoms with E-state index in [1.165, 1.54) is 31.4 Å². The Hall–Kier alpha value is -4.43. The number of rotatable bonds is 13. The standard InChI is InChI=1S/C24H27N7O6S/c1-37-18-4-6-19(7-5-18)38(35,36)30-20(23(33)34)15-28-22(32)16-3-8-21-17(13-16)14-29-31(21)12-2-9-25-24-26-10-11-27-24/h3-8,10-11,13-14,20,30H,2,9,12,15H2,1H3,(H,28,32)(H,33,34)(H2,25,26,27)/t20-/m0/s1. The zero-order chi connectivity index (χ0) is 27.1. The fourth-order valence-corrected chi connectivity index (χ4v) is 4.88. The van der Waals surface area contributed by atoms with E-state index in [1.54, 1.807) is 36.8 Å². The second-order valence-electron chi connectivity index (χ2n) is 8.26. The van der Waals surface area contributed by atoms with Gasteiger partial charge in [-0.2, -0.15) is 9.82 Å². The van der Waals surface area contributed by atoms with Gasteiger partial charge in [-0.05, 0) is 48.9 Å². The van der Waals surface area contributed by atoms with Crippen molar-refractivity contribution in [3.05, 3.63) is 66.6 Å². The number of hydrogen-bond donors (Lipinski definition) is 5. The number of nitrogens with one attached hydrogen (secondary N) is 4. The lowest BCUT2D eigenvalue weighted by atomic mass is 10.1. The molecule has 0 aliphatic rings. The highest BCUT2D eigenvalue weighted by Gasteiger charge is 2.26. The number of aromatic amines is 1. The maximum atomic E-state index is 12.7. The normalized spacial score (nSPS) is 12.2. The van der Waals surface area contributed by atoms with E-state index in [0.717, 1.165) is 17.3 Å². The molecule has 13 nitrogen and oxygen atoms in total. The van der Waals surface area contributed by atoms with Crippen LogP contribution in [-0.4, -0.2) is 71.4 Å². The lowest BCUT2D eigenvalue weighted by Crippen LogP contribution is -2.48. The van der Waals surface area contributed by atoms with E-state index in [2.05, 4.69) is 30.4 Å². The molecule has 1 atom stereocenters. The summed E-state index contributed by atoms with van der Waals surface area (Å²) in [5.74, 6) is -0.821. The number of H-pyrrole nitrogens is 1. The summed E-state index contributed by atoms with van der Waals surface area (Å²) < 4.78 is 34.2. The van der Waals surface area contributed by atoms with Crippen molar-refractivity contribution in [3.8, 4) is 5.75 Å². The molecule has 2 heterocycles. The third kappa shape index (κ3) is 6.46. The number of hydrogen-bond acceptors (Lipinski definition) is 8. The van der Waals surface area contributed by atoms with Crippen molar-refractivity contribution in [2.75, 3.05) is 25.5 Å². The number of carbonyl (C=O) groups is 2. The Morgan fingerprint density at radius 3 is 2.66 bits per heavy atom. The SMILES string of the molecule is COc1ccc(S(=O)(=O)N[C@@H](CNC(=O)c2ccc3c(cnn3CCCNc3ncc[nH]3)c2)C(=O)O)cc1. The van der Waals surface area contributed by atoms with Gasteiger partial charge in [0, 0.05) is 43.0 Å². The number of ether oxygens (including phenoxy) is 1. The molecule has 200 valence electrons. The summed E-state index contributed by atoms with van der Waals surface area (Å²) in [6.07, 6.45) is 5.84. The number of carboxylic acid groups (broad SMARTS) is 1. The third-order valence-corrected chi connectivity index (χ3v) is 7.16. The van der Waals surface area contributed by atoms with Crippen LogP contribution < -0.4 is 20.1 Å². The minimum atomic E-state index is -4.15. The molecule has 0 spiro atoms. The number of benzene rings is 2. The molecule has 1 amide bonds. The second-order valence-corrected chi connectivity index (χ2v) is 9.97. The monoisotopic (exact) mass is 541 g/mol. The maximum absolute atomic E-state index is 12.7. The Morgan fingerprint density at radius 1 is 1.18 bits per heavy atom. The first-order valence-corrected chi connectivity index (χ1v) is 13.1. The number of sulfonamides is 1. The Kier molecular flexibility index (Phi) is 8.23. The summed E-state index contributed by atoms with van der Waals surface area (Å²) in [6, 6.07) is 8.92. The molecular weight excluding hydrogens is 514 g/mol. The van der Waals surface area contributed by atoms with Crippen molar-refractivity contribution in [1.29, 1.82) is 0 Å². The van der Waals surface area contributed by atoms with E-state index < -0.39 is 34.5 Å². The quantitative estimate of drug-likeness (QED) is 0.156. The molecule has 38 heavy (non-hydrogen) atoms. The van der Waals surface area contributed by atoms with Crippen LogP contribution in [0.4, 0.5) is 5.95 Å². The van der Waals surface area contributed by atoms with E-state index >= 15 is 0 Å². The van der Waals surface area contributed by atoms with Gasteiger partial charge >= 0.3 is 5.97 Å². The van der Waals surface area contributed by atoms with Gasteiger partial charge in [0.15, 0.2) is 5.95 Å². The highest BCUT2D eigenvalue weighted by atomic mass is 32.2. The fraction of sp³-hybridized carbons (Fsp3) is 0.250. The van der Waals surface area contributed by atoms with Gasteiger partial charge in [-0.15, -0.1) is 0 Å². The number of aryl methyl sites for hydroxylation is 1. The van der Waals surface area contributed by atoms with Gasteiger partial charge in [0.25, 0.3) is 5.91 Å². The number of carbonyl (C=O) groups excluding carboxylic acids is 1. The number of carboxylic acids is 1. The number of amides is 1. The predicted molar refractivity (Wildman–Crippen MR) is 138 cm³/mol. The summed E-state index contributed by atoms with van der Waals surface area (Å²) >= 11 is 0. The van der Waals surface area contributed by atoms with Crippen LogP contribution in [-0.2, 0) is 21.4 Å². The molecule has 0 saturated heterocycles. The summed E-state index contributed by atoms with van der Waals surface area (Å²) in [4.78, 5) is 31.3. The van der Waals surface area contributed by atoms with Crippen LogP contribution in [0.1, 0.15) is 16.8 Å². The molecule has 0 aliphatic heterocycles. The van der Waals surface area contributed by atoms with E-state index in [-0.39, 0.29) is 4.90 Å². The summed E-state index contributed by atoms with van der Waals surface area (Å²) in [6.45, 7) is 0.892. The van der Waals surface area contributed by atoms with Crippen LogP contribution in [0, 0.1) is 0 Å². The molecule has 2 aromatic heterocycles. The van der Waals surface area contributed by atoms with Crippen LogP contribution in [0.3, 0.4) is 0 Å². The third-order valence-electron chi connectivity index (χ3n) is 5.67. The first-order chi connectivity index (χ1) is 18.3. The van der Waals surface area contributed by atoms with Crippen molar-refractivity contribution >= 4 is 38.8 Å². The molecule has 5 N–H and O–H groups in total. The fourth-order valence-electron chi connectivity index (χ4n) is 3.69. The molecular formula is C24H27N7O6S.